The number of aryl methyl sites for hydroxylation is 1. The topological polar surface area (TPSA) is 12.0 Å². The van der Waals surface area contributed by atoms with Crippen LogP contribution in [-0.4, -0.2) is 7.05 Å². The van der Waals surface area contributed by atoms with Crippen LogP contribution in [0.4, 0.5) is 8.78 Å². The molecule has 0 heterocycles. The fourth-order valence-electron chi connectivity index (χ4n) is 2.13. The van der Waals surface area contributed by atoms with Crippen molar-refractivity contribution in [1.29, 1.82) is 0 Å². The molecule has 0 radical (unpaired) electrons. The summed E-state index contributed by atoms with van der Waals surface area (Å²) in [7, 11) is 1.65. The second kappa shape index (κ2) is 5.68. The fraction of sp³-hybridized carbons (Fsp3) is 0.200. The van der Waals surface area contributed by atoms with E-state index < -0.39 is 11.9 Å². The molecule has 1 unspecified atom stereocenters. The van der Waals surface area contributed by atoms with Gasteiger partial charge in [-0.05, 0) is 32.2 Å². The van der Waals surface area contributed by atoms with Gasteiger partial charge in [0.15, 0.2) is 0 Å². The Bertz CT molecular complexity index is 578. The molecule has 4 heteroatoms. The maximum absolute atomic E-state index is 14.0. The van der Waals surface area contributed by atoms with Gasteiger partial charge in [0.05, 0.1) is 6.04 Å². The maximum Gasteiger partial charge on any atom is 0.129 e. The quantitative estimate of drug-likeness (QED) is 0.887. The molecule has 0 aliphatic carbocycles. The van der Waals surface area contributed by atoms with Crippen LogP contribution in [0.1, 0.15) is 22.7 Å². The van der Waals surface area contributed by atoms with Crippen LogP contribution in [0.15, 0.2) is 36.4 Å². The molecule has 1 N–H and O–H groups in total. The van der Waals surface area contributed by atoms with Crippen molar-refractivity contribution in [2.75, 3.05) is 7.05 Å². The third-order valence-corrected chi connectivity index (χ3v) is 3.37. The number of benzene rings is 2. The lowest BCUT2D eigenvalue weighted by Gasteiger charge is -2.20. The van der Waals surface area contributed by atoms with Crippen LogP contribution in [-0.2, 0) is 0 Å². The predicted octanol–water partition coefficient (Wildman–Crippen LogP) is 4.24. The molecule has 2 aromatic carbocycles. The lowest BCUT2D eigenvalue weighted by molar-refractivity contribution is 0.546. The molecule has 19 heavy (non-hydrogen) atoms. The van der Waals surface area contributed by atoms with E-state index in [-0.39, 0.29) is 16.4 Å². The Balaban J connectivity index is 2.59. The van der Waals surface area contributed by atoms with E-state index in [1.54, 1.807) is 25.2 Å². The first-order valence-electron chi connectivity index (χ1n) is 5.92. The Morgan fingerprint density at radius 1 is 1.11 bits per heavy atom. The minimum atomic E-state index is -0.617. The molecule has 0 amide bonds. The van der Waals surface area contributed by atoms with Gasteiger partial charge in [-0.25, -0.2) is 8.78 Å². The minimum absolute atomic E-state index is 0.260. The normalized spacial score (nSPS) is 12.5. The molecule has 0 spiro atoms. The molecule has 2 rings (SSSR count). The van der Waals surface area contributed by atoms with Crippen molar-refractivity contribution in [1.82, 2.24) is 5.32 Å². The van der Waals surface area contributed by atoms with Crippen LogP contribution < -0.4 is 5.32 Å². The predicted molar refractivity (Wildman–Crippen MR) is 73.4 cm³/mol. The molecule has 100 valence electrons. The molecular weight excluding hydrogens is 268 g/mol. The Morgan fingerprint density at radius 3 is 2.47 bits per heavy atom. The van der Waals surface area contributed by atoms with Crippen molar-refractivity contribution in [3.63, 3.8) is 0 Å². The molecule has 1 atom stereocenters. The summed E-state index contributed by atoms with van der Waals surface area (Å²) < 4.78 is 27.9. The van der Waals surface area contributed by atoms with Gasteiger partial charge in [0, 0.05) is 16.1 Å². The third kappa shape index (κ3) is 2.77. The highest BCUT2D eigenvalue weighted by molar-refractivity contribution is 6.31. The first-order chi connectivity index (χ1) is 9.04. The zero-order valence-electron chi connectivity index (χ0n) is 10.7. The zero-order chi connectivity index (χ0) is 14.0. The molecule has 1 nitrogen and oxygen atoms in total. The average Bonchev–Trinajstić information content (AvgIpc) is 2.37. The van der Waals surface area contributed by atoms with Gasteiger partial charge >= 0.3 is 0 Å². The van der Waals surface area contributed by atoms with E-state index in [1.165, 1.54) is 18.2 Å². The van der Waals surface area contributed by atoms with E-state index >= 15 is 0 Å². The highest BCUT2D eigenvalue weighted by Crippen LogP contribution is 2.32. The molecule has 2 aromatic rings. The molecule has 0 saturated heterocycles. The van der Waals surface area contributed by atoms with E-state index in [2.05, 4.69) is 5.32 Å². The van der Waals surface area contributed by atoms with E-state index in [4.69, 9.17) is 11.6 Å². The number of halogens is 3. The van der Waals surface area contributed by atoms with Crippen molar-refractivity contribution in [2.24, 2.45) is 0 Å². The molecule has 0 aliphatic rings. The second-order valence-electron chi connectivity index (χ2n) is 4.38. The minimum Gasteiger partial charge on any atom is -0.309 e. The monoisotopic (exact) mass is 281 g/mol. The average molecular weight is 282 g/mol. The molecule has 0 saturated carbocycles. The summed E-state index contributed by atoms with van der Waals surface area (Å²) >= 11 is 6.04. The summed E-state index contributed by atoms with van der Waals surface area (Å²) in [5, 5.41) is 3.20. The van der Waals surface area contributed by atoms with Gasteiger partial charge in [0.25, 0.3) is 0 Å². The van der Waals surface area contributed by atoms with E-state index in [1.807, 2.05) is 6.92 Å². The van der Waals surface area contributed by atoms with Crippen LogP contribution >= 0.6 is 11.6 Å². The van der Waals surface area contributed by atoms with Crippen molar-refractivity contribution < 1.29 is 8.78 Å². The summed E-state index contributed by atoms with van der Waals surface area (Å²) in [6, 6.07) is 8.57. The van der Waals surface area contributed by atoms with Crippen molar-refractivity contribution in [3.05, 3.63) is 69.7 Å². The third-order valence-electron chi connectivity index (χ3n) is 3.04. The van der Waals surface area contributed by atoms with E-state index in [0.29, 0.717) is 5.56 Å². The number of hydrogen-bond donors (Lipinski definition) is 1. The first kappa shape index (κ1) is 14.0. The lowest BCUT2D eigenvalue weighted by atomic mass is 9.96. The van der Waals surface area contributed by atoms with Crippen molar-refractivity contribution >= 4 is 11.6 Å². The molecule has 0 bridgehead atoms. The molecule has 0 aliphatic heterocycles. The van der Waals surface area contributed by atoms with Gasteiger partial charge in [0.1, 0.15) is 11.6 Å². The Morgan fingerprint density at radius 2 is 1.84 bits per heavy atom. The van der Waals surface area contributed by atoms with Crippen LogP contribution in [0.5, 0.6) is 0 Å². The van der Waals surface area contributed by atoms with Gasteiger partial charge in [-0.15, -0.1) is 0 Å². The molecular formula is C15H14ClF2N. The SMILES string of the molecule is CNC(c1cc(C)ccc1F)c1c(F)cccc1Cl. The maximum atomic E-state index is 14.0. The van der Waals surface area contributed by atoms with Gasteiger partial charge in [-0.1, -0.05) is 35.4 Å². The Hall–Kier alpha value is -1.45. The summed E-state index contributed by atoms with van der Waals surface area (Å²) in [6.07, 6.45) is 0. The van der Waals surface area contributed by atoms with Gasteiger partial charge in [-0.2, -0.15) is 0 Å². The number of hydrogen-bond acceptors (Lipinski definition) is 1. The molecule has 0 fully saturated rings. The highest BCUT2D eigenvalue weighted by Gasteiger charge is 2.22. The summed E-state index contributed by atoms with van der Waals surface area (Å²) in [5.74, 6) is -0.836. The van der Waals surface area contributed by atoms with Gasteiger partial charge in [0.2, 0.25) is 0 Å². The summed E-state index contributed by atoms with van der Waals surface area (Å²) in [5.41, 5.74) is 1.55. The Kier molecular flexibility index (Phi) is 4.17. The smallest absolute Gasteiger partial charge is 0.129 e. The fourth-order valence-corrected chi connectivity index (χ4v) is 2.40. The Labute approximate surface area is 116 Å². The number of nitrogens with one attached hydrogen (secondary N) is 1. The van der Waals surface area contributed by atoms with Crippen LogP contribution in [0.2, 0.25) is 5.02 Å². The first-order valence-corrected chi connectivity index (χ1v) is 6.29. The van der Waals surface area contributed by atoms with Crippen LogP contribution in [0, 0.1) is 18.6 Å². The molecule has 0 aromatic heterocycles. The van der Waals surface area contributed by atoms with Crippen molar-refractivity contribution in [2.45, 2.75) is 13.0 Å². The van der Waals surface area contributed by atoms with E-state index in [0.717, 1.165) is 5.56 Å². The summed E-state index contributed by atoms with van der Waals surface area (Å²) in [4.78, 5) is 0. The van der Waals surface area contributed by atoms with Gasteiger partial charge in [-0.3, -0.25) is 0 Å². The zero-order valence-corrected chi connectivity index (χ0v) is 11.4. The van der Waals surface area contributed by atoms with Crippen molar-refractivity contribution in [3.8, 4) is 0 Å². The van der Waals surface area contributed by atoms with Crippen LogP contribution in [0.25, 0.3) is 0 Å². The van der Waals surface area contributed by atoms with Gasteiger partial charge < -0.3 is 5.32 Å². The number of rotatable bonds is 3. The summed E-state index contributed by atoms with van der Waals surface area (Å²) in [6.45, 7) is 1.86. The lowest BCUT2D eigenvalue weighted by Crippen LogP contribution is -2.20. The largest absolute Gasteiger partial charge is 0.309 e. The standard InChI is InChI=1S/C15H14ClF2N/c1-9-6-7-12(17)10(8-9)15(19-2)14-11(16)4-3-5-13(14)18/h3-8,15,19H,1-2H3. The second-order valence-corrected chi connectivity index (χ2v) is 4.79. The highest BCUT2D eigenvalue weighted by atomic mass is 35.5. The van der Waals surface area contributed by atoms with Crippen LogP contribution in [0.3, 0.4) is 0 Å². The van der Waals surface area contributed by atoms with E-state index in [9.17, 15) is 8.78 Å².